The predicted octanol–water partition coefficient (Wildman–Crippen LogP) is 3.43. The highest BCUT2D eigenvalue weighted by molar-refractivity contribution is 6.39. The van der Waals surface area contributed by atoms with Crippen molar-refractivity contribution >= 4 is 46.6 Å². The third-order valence-corrected chi connectivity index (χ3v) is 5.55. The Labute approximate surface area is 189 Å². The van der Waals surface area contributed by atoms with Crippen molar-refractivity contribution in [2.75, 3.05) is 19.0 Å². The molecule has 0 bridgehead atoms. The van der Waals surface area contributed by atoms with Crippen LogP contribution in [-0.2, 0) is 9.59 Å². The van der Waals surface area contributed by atoms with Crippen LogP contribution in [0.2, 0.25) is 10.0 Å². The highest BCUT2D eigenvalue weighted by Crippen LogP contribution is 2.36. The molecule has 3 N–H and O–H groups in total. The Balaban J connectivity index is 1.84. The number of hydrogen-bond acceptors (Lipinski definition) is 5. The Morgan fingerprint density at radius 2 is 1.84 bits per heavy atom. The molecule has 1 fully saturated rings. The van der Waals surface area contributed by atoms with Gasteiger partial charge in [-0.25, -0.2) is 4.98 Å². The molecule has 0 spiro atoms. The summed E-state index contributed by atoms with van der Waals surface area (Å²) in [6.07, 6.45) is 2.85. The van der Waals surface area contributed by atoms with Gasteiger partial charge in [-0.2, -0.15) is 0 Å². The predicted molar refractivity (Wildman–Crippen MR) is 117 cm³/mol. The molecule has 2 heterocycles. The normalized spacial score (nSPS) is 18.4. The highest BCUT2D eigenvalue weighted by Gasteiger charge is 2.34. The first-order valence-corrected chi connectivity index (χ1v) is 10.4. The molecule has 1 aliphatic heterocycles. The second kappa shape index (κ2) is 9.53. The number of halogens is 2. The zero-order valence-electron chi connectivity index (χ0n) is 17.0. The average molecular weight is 465 g/mol. The molecule has 2 aromatic rings. The van der Waals surface area contributed by atoms with Gasteiger partial charge in [0.05, 0.1) is 25.0 Å². The van der Waals surface area contributed by atoms with Gasteiger partial charge < -0.3 is 20.7 Å². The van der Waals surface area contributed by atoms with Crippen LogP contribution in [0.3, 0.4) is 0 Å². The molecular weight excluding hydrogens is 443 g/mol. The van der Waals surface area contributed by atoms with Crippen LogP contribution in [0.5, 0.6) is 5.88 Å². The molecule has 1 saturated heterocycles. The number of nitrogens with one attached hydrogen (secondary N) is 1. The van der Waals surface area contributed by atoms with Crippen molar-refractivity contribution < 1.29 is 19.1 Å². The van der Waals surface area contributed by atoms with Gasteiger partial charge in [0.1, 0.15) is 5.56 Å². The lowest BCUT2D eigenvalue weighted by Crippen LogP contribution is -2.46. The van der Waals surface area contributed by atoms with Crippen molar-refractivity contribution in [1.82, 2.24) is 9.88 Å². The molecule has 164 valence electrons. The van der Waals surface area contributed by atoms with Crippen LogP contribution in [0, 0.1) is 5.92 Å². The number of carbonyl (C=O) groups excluding carboxylic acids is 3. The van der Waals surface area contributed by atoms with Crippen molar-refractivity contribution in [1.29, 1.82) is 0 Å². The van der Waals surface area contributed by atoms with Crippen molar-refractivity contribution in [3.63, 3.8) is 0 Å². The van der Waals surface area contributed by atoms with E-state index in [0.29, 0.717) is 23.0 Å². The molecule has 8 nitrogen and oxygen atoms in total. The maximum Gasteiger partial charge on any atom is 0.313 e. The number of ether oxygens (including phenoxy) is 1. The van der Waals surface area contributed by atoms with Crippen LogP contribution in [0.25, 0.3) is 0 Å². The molecule has 3 amide bonds. The minimum absolute atomic E-state index is 0.00853. The van der Waals surface area contributed by atoms with Crippen LogP contribution in [0.15, 0.2) is 30.5 Å². The Bertz CT molecular complexity index is 1010. The summed E-state index contributed by atoms with van der Waals surface area (Å²) in [6, 6.07) is 6.09. The number of methoxy groups -OCH3 is 1. The number of piperidine rings is 1. The van der Waals surface area contributed by atoms with Gasteiger partial charge in [0.25, 0.3) is 5.91 Å². The zero-order chi connectivity index (χ0) is 22.7. The summed E-state index contributed by atoms with van der Waals surface area (Å²) >= 11 is 12.3. The largest absolute Gasteiger partial charge is 0.480 e. The third-order valence-electron chi connectivity index (χ3n) is 5.11. The lowest BCUT2D eigenvalue weighted by molar-refractivity contribution is -0.146. The van der Waals surface area contributed by atoms with Gasteiger partial charge in [-0.1, -0.05) is 30.1 Å². The van der Waals surface area contributed by atoms with E-state index in [0.717, 1.165) is 12.0 Å². The monoisotopic (exact) mass is 464 g/mol. The molecule has 0 radical (unpaired) electrons. The Kier molecular flexibility index (Phi) is 7.02. The van der Waals surface area contributed by atoms with E-state index in [1.807, 2.05) is 6.92 Å². The maximum absolute atomic E-state index is 13.1. The SMILES string of the molecule is COc1ncc(NC(=O)C(=O)N2C[C@@H](C)CC[C@@H]2c2cc(Cl)cc(Cl)c2)cc1C(N)=O. The number of aromatic nitrogens is 1. The number of benzene rings is 1. The Morgan fingerprint density at radius 3 is 2.45 bits per heavy atom. The second-order valence-electron chi connectivity index (χ2n) is 7.46. The molecule has 0 saturated carbocycles. The minimum Gasteiger partial charge on any atom is -0.480 e. The first-order chi connectivity index (χ1) is 14.7. The van der Waals surface area contributed by atoms with Crippen LogP contribution >= 0.6 is 23.2 Å². The van der Waals surface area contributed by atoms with Crippen molar-refractivity contribution in [3.8, 4) is 5.88 Å². The van der Waals surface area contributed by atoms with Gasteiger partial charge in [-0.3, -0.25) is 14.4 Å². The van der Waals surface area contributed by atoms with Crippen molar-refractivity contribution in [2.45, 2.75) is 25.8 Å². The van der Waals surface area contributed by atoms with Gasteiger partial charge in [0.15, 0.2) is 0 Å². The van der Waals surface area contributed by atoms with E-state index in [-0.39, 0.29) is 29.1 Å². The van der Waals surface area contributed by atoms with Crippen molar-refractivity contribution in [3.05, 3.63) is 51.6 Å². The summed E-state index contributed by atoms with van der Waals surface area (Å²) in [6.45, 7) is 2.43. The first kappa shape index (κ1) is 22.8. The summed E-state index contributed by atoms with van der Waals surface area (Å²) in [4.78, 5) is 42.8. The number of likely N-dealkylation sites (tertiary alicyclic amines) is 1. The van der Waals surface area contributed by atoms with E-state index >= 15 is 0 Å². The van der Waals surface area contributed by atoms with Gasteiger partial charge in [-0.05, 0) is 48.6 Å². The number of rotatable bonds is 4. The van der Waals surface area contributed by atoms with Crippen molar-refractivity contribution in [2.24, 2.45) is 11.7 Å². The lowest BCUT2D eigenvalue weighted by Gasteiger charge is -2.38. The molecular formula is C21H22Cl2N4O4. The number of nitrogens with two attached hydrogens (primary N) is 1. The third kappa shape index (κ3) is 5.26. The molecule has 1 aliphatic rings. The number of pyridine rings is 1. The van der Waals surface area contributed by atoms with E-state index in [2.05, 4.69) is 10.3 Å². The molecule has 0 unspecified atom stereocenters. The molecule has 10 heteroatoms. The molecule has 31 heavy (non-hydrogen) atoms. The van der Waals surface area contributed by atoms with E-state index in [1.54, 1.807) is 18.2 Å². The van der Waals surface area contributed by atoms with Gasteiger partial charge in [0.2, 0.25) is 5.88 Å². The fourth-order valence-corrected chi connectivity index (χ4v) is 4.21. The molecule has 0 aliphatic carbocycles. The second-order valence-corrected chi connectivity index (χ2v) is 8.33. The number of hydrogen-bond donors (Lipinski definition) is 2. The summed E-state index contributed by atoms with van der Waals surface area (Å²) < 4.78 is 4.98. The summed E-state index contributed by atoms with van der Waals surface area (Å²) in [7, 11) is 1.34. The standard InChI is InChI=1S/C21H22Cl2N4O4/c1-11-3-4-17(12-5-13(22)7-14(23)6-12)27(10-11)21(30)19(29)26-15-8-16(18(24)28)20(31-2)25-9-15/h5-9,11,17H,3-4,10H2,1-2H3,(H2,24,28)(H,26,29)/t11-,17+/m0/s1. The number of nitrogens with zero attached hydrogens (tertiary/aromatic N) is 2. The number of carbonyl (C=O) groups is 3. The summed E-state index contributed by atoms with van der Waals surface area (Å²) in [5.41, 5.74) is 6.24. The van der Waals surface area contributed by atoms with Gasteiger partial charge in [-0.15, -0.1) is 0 Å². The maximum atomic E-state index is 13.1. The Hall–Kier alpha value is -2.84. The smallest absolute Gasteiger partial charge is 0.313 e. The summed E-state index contributed by atoms with van der Waals surface area (Å²) in [5.74, 6) is -2.07. The molecule has 1 aromatic carbocycles. The molecule has 2 atom stereocenters. The number of anilines is 1. The quantitative estimate of drug-likeness (QED) is 0.672. The van der Waals surface area contributed by atoms with Gasteiger partial charge >= 0.3 is 11.8 Å². The van der Waals surface area contributed by atoms with Crippen LogP contribution in [0.1, 0.15) is 41.7 Å². The fourth-order valence-electron chi connectivity index (χ4n) is 3.67. The fraction of sp³-hybridized carbons (Fsp3) is 0.333. The zero-order valence-corrected chi connectivity index (χ0v) is 18.5. The summed E-state index contributed by atoms with van der Waals surface area (Å²) in [5, 5.41) is 3.41. The molecule has 3 rings (SSSR count). The van der Waals surface area contributed by atoms with E-state index in [4.69, 9.17) is 33.7 Å². The average Bonchev–Trinajstić information content (AvgIpc) is 2.72. The molecule has 1 aromatic heterocycles. The van der Waals surface area contributed by atoms with Crippen LogP contribution < -0.4 is 15.8 Å². The lowest BCUT2D eigenvalue weighted by atomic mass is 9.90. The van der Waals surface area contributed by atoms with Gasteiger partial charge in [0, 0.05) is 16.6 Å². The van der Waals surface area contributed by atoms with E-state index in [9.17, 15) is 14.4 Å². The van der Waals surface area contributed by atoms with E-state index in [1.165, 1.54) is 24.3 Å². The minimum atomic E-state index is -0.852. The number of primary amides is 1. The van der Waals surface area contributed by atoms with Crippen LogP contribution in [-0.4, -0.2) is 41.3 Å². The van der Waals surface area contributed by atoms with Crippen LogP contribution in [0.4, 0.5) is 5.69 Å². The highest BCUT2D eigenvalue weighted by atomic mass is 35.5. The Morgan fingerprint density at radius 1 is 1.16 bits per heavy atom. The first-order valence-electron chi connectivity index (χ1n) is 9.61. The number of amides is 3. The van der Waals surface area contributed by atoms with E-state index < -0.39 is 17.7 Å². The topological polar surface area (TPSA) is 115 Å².